The van der Waals surface area contributed by atoms with Gasteiger partial charge in [0, 0.05) is 12.0 Å². The molecule has 1 heterocycles. The minimum atomic E-state index is -2.91. The quantitative estimate of drug-likeness (QED) is 0.501. The van der Waals surface area contributed by atoms with E-state index < -0.39 is 5.92 Å². The van der Waals surface area contributed by atoms with Gasteiger partial charge < -0.3 is 0 Å². The lowest BCUT2D eigenvalue weighted by atomic mass is 10.2. The van der Waals surface area contributed by atoms with Gasteiger partial charge >= 0.3 is 0 Å². The highest BCUT2D eigenvalue weighted by Crippen LogP contribution is 2.42. The maximum Gasteiger partial charge on any atom is 0.290 e. The highest BCUT2D eigenvalue weighted by Gasteiger charge is 2.42. The maximum atomic E-state index is 13.1. The van der Waals surface area contributed by atoms with E-state index in [1.54, 1.807) is 0 Å². The number of nitrogens with zero attached hydrogens (tertiary/aromatic N) is 2. The Bertz CT molecular complexity index is 368. The number of alkyl halides is 2. The second-order valence-electron chi connectivity index (χ2n) is 2.82. The van der Waals surface area contributed by atoms with Gasteiger partial charge in [-0.15, -0.1) is 0 Å². The fraction of sp³-hybridized carbons (Fsp3) is 0.429. The normalized spacial score (nSPS) is 18.8. The predicted molar refractivity (Wildman–Crippen MR) is 44.3 cm³/mol. The van der Waals surface area contributed by atoms with Crippen LogP contribution in [0.2, 0.25) is 10.4 Å². The van der Waals surface area contributed by atoms with Crippen molar-refractivity contribution in [3.05, 3.63) is 21.7 Å². The van der Waals surface area contributed by atoms with Crippen molar-refractivity contribution in [1.82, 2.24) is 9.97 Å². The molecular weight excluding hydrogens is 221 g/mol. The van der Waals surface area contributed by atoms with Gasteiger partial charge in [0.1, 0.15) is 10.8 Å². The van der Waals surface area contributed by atoms with Gasteiger partial charge in [-0.05, 0) is 18.0 Å². The van der Waals surface area contributed by atoms with E-state index in [0.29, 0.717) is 5.56 Å². The van der Waals surface area contributed by atoms with Gasteiger partial charge in [0.05, 0.1) is 0 Å². The minimum Gasteiger partial charge on any atom is -0.216 e. The molecule has 0 aromatic carbocycles. The summed E-state index contributed by atoms with van der Waals surface area (Å²) >= 11 is 11.0. The molecule has 0 amide bonds. The molecule has 1 aromatic rings. The average molecular weight is 225 g/mol. The molecule has 2 rings (SSSR count). The number of fused-ring (bicyclic) bond motifs is 1. The van der Waals surface area contributed by atoms with Crippen LogP contribution in [0.1, 0.15) is 17.7 Å². The van der Waals surface area contributed by atoms with E-state index in [-0.39, 0.29) is 29.0 Å². The van der Waals surface area contributed by atoms with Gasteiger partial charge in [-0.1, -0.05) is 11.6 Å². The van der Waals surface area contributed by atoms with Crippen molar-refractivity contribution in [2.24, 2.45) is 0 Å². The zero-order chi connectivity index (χ0) is 9.64. The molecule has 1 aromatic heterocycles. The number of rotatable bonds is 0. The summed E-state index contributed by atoms with van der Waals surface area (Å²) in [5.41, 5.74) is -0.00596. The molecule has 2 nitrogen and oxygen atoms in total. The van der Waals surface area contributed by atoms with E-state index >= 15 is 0 Å². The van der Waals surface area contributed by atoms with E-state index in [9.17, 15) is 8.78 Å². The van der Waals surface area contributed by atoms with Crippen LogP contribution in [0.5, 0.6) is 0 Å². The number of hydrogen-bond acceptors (Lipinski definition) is 2. The fourth-order valence-electron chi connectivity index (χ4n) is 1.36. The largest absolute Gasteiger partial charge is 0.290 e. The molecule has 1 aliphatic rings. The lowest BCUT2D eigenvalue weighted by Crippen LogP contribution is -2.10. The summed E-state index contributed by atoms with van der Waals surface area (Å²) in [4.78, 5) is 7.08. The Morgan fingerprint density at radius 1 is 1.23 bits per heavy atom. The van der Waals surface area contributed by atoms with E-state index in [0.717, 1.165) is 0 Å². The monoisotopic (exact) mass is 224 g/mol. The molecule has 0 N–H and O–H groups in total. The third-order valence-corrected chi connectivity index (χ3v) is 2.45. The highest BCUT2D eigenvalue weighted by atomic mass is 35.5. The number of halogens is 4. The Hall–Kier alpha value is -0.480. The van der Waals surface area contributed by atoms with Crippen molar-refractivity contribution in [1.29, 1.82) is 0 Å². The lowest BCUT2D eigenvalue weighted by molar-refractivity contribution is -0.00598. The van der Waals surface area contributed by atoms with Gasteiger partial charge in [-0.2, -0.15) is 8.78 Å². The molecule has 0 fully saturated rings. The van der Waals surface area contributed by atoms with Crippen LogP contribution >= 0.6 is 23.2 Å². The summed E-state index contributed by atoms with van der Waals surface area (Å²) < 4.78 is 26.2. The molecule has 0 saturated heterocycles. The van der Waals surface area contributed by atoms with Crippen LogP contribution in [-0.2, 0) is 12.3 Å². The maximum absolute atomic E-state index is 13.1. The molecule has 70 valence electrons. The van der Waals surface area contributed by atoms with Gasteiger partial charge in [0.25, 0.3) is 5.92 Å². The molecular formula is C7H4Cl2F2N2. The van der Waals surface area contributed by atoms with Crippen LogP contribution in [0.4, 0.5) is 8.78 Å². The summed E-state index contributed by atoms with van der Waals surface area (Å²) in [7, 11) is 0. The average Bonchev–Trinajstić information content (AvgIpc) is 2.28. The predicted octanol–water partition coefficient (Wildman–Crippen LogP) is 2.82. The minimum absolute atomic E-state index is 0.0344. The highest BCUT2D eigenvalue weighted by molar-refractivity contribution is 6.32. The van der Waals surface area contributed by atoms with Crippen molar-refractivity contribution >= 4 is 23.2 Å². The first-order valence-electron chi connectivity index (χ1n) is 3.61. The SMILES string of the molecule is FC1(F)CCc2c(Cl)nc(Cl)nc21. The second-order valence-corrected chi connectivity index (χ2v) is 3.51. The Morgan fingerprint density at radius 3 is 2.62 bits per heavy atom. The Labute approximate surface area is 82.9 Å². The number of aromatic nitrogens is 2. The first kappa shape index (κ1) is 9.09. The molecule has 0 atom stereocenters. The molecule has 6 heteroatoms. The molecule has 0 unspecified atom stereocenters. The summed E-state index contributed by atoms with van der Waals surface area (Å²) in [5, 5.41) is -0.197. The Morgan fingerprint density at radius 2 is 1.92 bits per heavy atom. The summed E-state index contributed by atoms with van der Waals surface area (Å²) in [6.07, 6.45) is -0.0601. The molecule has 0 spiro atoms. The third-order valence-electron chi connectivity index (χ3n) is 1.96. The Balaban J connectivity index is 2.65. The van der Waals surface area contributed by atoms with Crippen molar-refractivity contribution in [3.8, 4) is 0 Å². The molecule has 0 saturated carbocycles. The van der Waals surface area contributed by atoms with Crippen LogP contribution in [0.3, 0.4) is 0 Å². The van der Waals surface area contributed by atoms with Gasteiger partial charge in [-0.25, -0.2) is 9.97 Å². The van der Waals surface area contributed by atoms with Crippen molar-refractivity contribution in [3.63, 3.8) is 0 Å². The zero-order valence-corrected chi connectivity index (χ0v) is 7.83. The van der Waals surface area contributed by atoms with E-state index in [1.807, 2.05) is 0 Å². The van der Waals surface area contributed by atoms with Crippen LogP contribution in [0.25, 0.3) is 0 Å². The topological polar surface area (TPSA) is 25.8 Å². The molecule has 0 radical (unpaired) electrons. The summed E-state index contributed by atoms with van der Waals surface area (Å²) in [5.74, 6) is -2.91. The number of hydrogen-bond donors (Lipinski definition) is 0. The van der Waals surface area contributed by atoms with Gasteiger partial charge in [-0.3, -0.25) is 0 Å². The molecule has 0 bridgehead atoms. The van der Waals surface area contributed by atoms with Crippen LogP contribution < -0.4 is 0 Å². The first-order chi connectivity index (χ1) is 6.00. The zero-order valence-electron chi connectivity index (χ0n) is 6.32. The van der Waals surface area contributed by atoms with Gasteiger partial charge in [0.2, 0.25) is 5.28 Å². The lowest BCUT2D eigenvalue weighted by Gasteiger charge is -2.08. The van der Waals surface area contributed by atoms with Crippen molar-refractivity contribution < 1.29 is 8.78 Å². The van der Waals surface area contributed by atoms with Crippen molar-refractivity contribution in [2.45, 2.75) is 18.8 Å². The summed E-state index contributed by atoms with van der Waals surface area (Å²) in [6, 6.07) is 0. The second kappa shape index (κ2) is 2.75. The van der Waals surface area contributed by atoms with Crippen LogP contribution in [0.15, 0.2) is 0 Å². The fourth-order valence-corrected chi connectivity index (χ4v) is 1.83. The van der Waals surface area contributed by atoms with Crippen molar-refractivity contribution in [2.75, 3.05) is 0 Å². The molecule has 0 aliphatic heterocycles. The smallest absolute Gasteiger partial charge is 0.216 e. The van der Waals surface area contributed by atoms with E-state index in [2.05, 4.69) is 9.97 Å². The Kier molecular flexibility index (Phi) is 1.92. The molecule has 1 aliphatic carbocycles. The summed E-state index contributed by atoms with van der Waals surface area (Å²) in [6.45, 7) is 0. The molecule has 13 heavy (non-hydrogen) atoms. The van der Waals surface area contributed by atoms with Crippen LogP contribution in [-0.4, -0.2) is 9.97 Å². The standard InChI is InChI=1S/C7H4Cl2F2N2/c8-5-3-1-2-7(10,11)4(3)12-6(9)13-5/h1-2H2. The van der Waals surface area contributed by atoms with Crippen LogP contribution in [0, 0.1) is 0 Å². The third kappa shape index (κ3) is 1.38. The van der Waals surface area contributed by atoms with E-state index in [4.69, 9.17) is 23.2 Å². The first-order valence-corrected chi connectivity index (χ1v) is 4.36. The van der Waals surface area contributed by atoms with Gasteiger partial charge in [0.15, 0.2) is 0 Å². The van der Waals surface area contributed by atoms with E-state index in [1.165, 1.54) is 0 Å².